The van der Waals surface area contributed by atoms with Gasteiger partial charge in [-0.2, -0.15) is 0 Å². The Morgan fingerprint density at radius 3 is 2.45 bits per heavy atom. The maximum absolute atomic E-state index is 5.68. The zero-order valence-electron chi connectivity index (χ0n) is 12.6. The van der Waals surface area contributed by atoms with Crippen molar-refractivity contribution >= 4 is 5.69 Å². The summed E-state index contributed by atoms with van der Waals surface area (Å²) in [5, 5.41) is 11.6. The van der Waals surface area contributed by atoms with Crippen LogP contribution in [-0.4, -0.2) is 16.7 Å². The van der Waals surface area contributed by atoms with E-state index < -0.39 is 0 Å². The topological polar surface area (TPSA) is 51.0 Å². The molecule has 0 fully saturated rings. The van der Waals surface area contributed by atoms with E-state index in [1.807, 2.05) is 30.3 Å². The lowest BCUT2D eigenvalue weighted by molar-refractivity contribution is 0.509. The molecule has 0 spiro atoms. The second-order valence-corrected chi connectivity index (χ2v) is 5.09. The SMILES string of the molecule is CCc1ccc(NCCc2nnc(-c3ccccc3)o2)cc1. The van der Waals surface area contributed by atoms with Gasteiger partial charge in [-0.1, -0.05) is 37.3 Å². The molecule has 0 atom stereocenters. The number of anilines is 1. The normalized spacial score (nSPS) is 10.6. The van der Waals surface area contributed by atoms with Gasteiger partial charge in [0.05, 0.1) is 0 Å². The molecule has 4 nitrogen and oxygen atoms in total. The third kappa shape index (κ3) is 3.52. The molecule has 112 valence electrons. The first-order valence-electron chi connectivity index (χ1n) is 7.56. The lowest BCUT2D eigenvalue weighted by Gasteiger charge is -2.05. The smallest absolute Gasteiger partial charge is 0.247 e. The van der Waals surface area contributed by atoms with Gasteiger partial charge in [-0.05, 0) is 36.2 Å². The summed E-state index contributed by atoms with van der Waals surface area (Å²) in [6.07, 6.45) is 1.76. The molecule has 0 bridgehead atoms. The van der Waals surface area contributed by atoms with Crippen LogP contribution in [0, 0.1) is 0 Å². The van der Waals surface area contributed by atoms with Crippen molar-refractivity contribution in [3.8, 4) is 11.5 Å². The van der Waals surface area contributed by atoms with Gasteiger partial charge in [0.15, 0.2) is 0 Å². The van der Waals surface area contributed by atoms with E-state index in [0.29, 0.717) is 18.2 Å². The van der Waals surface area contributed by atoms with Crippen LogP contribution in [0.2, 0.25) is 0 Å². The number of nitrogens with one attached hydrogen (secondary N) is 1. The highest BCUT2D eigenvalue weighted by molar-refractivity contribution is 5.51. The molecule has 0 saturated heterocycles. The van der Waals surface area contributed by atoms with Crippen LogP contribution >= 0.6 is 0 Å². The molecule has 0 radical (unpaired) electrons. The predicted octanol–water partition coefficient (Wildman–Crippen LogP) is 3.95. The van der Waals surface area contributed by atoms with Gasteiger partial charge in [0.1, 0.15) is 0 Å². The van der Waals surface area contributed by atoms with Crippen LogP contribution in [0.5, 0.6) is 0 Å². The summed E-state index contributed by atoms with van der Waals surface area (Å²) in [4.78, 5) is 0. The number of aryl methyl sites for hydroxylation is 1. The molecule has 0 aliphatic heterocycles. The highest BCUT2D eigenvalue weighted by Crippen LogP contribution is 2.17. The number of rotatable bonds is 6. The minimum Gasteiger partial charge on any atom is -0.421 e. The van der Waals surface area contributed by atoms with Crippen LogP contribution in [0.4, 0.5) is 5.69 Å². The van der Waals surface area contributed by atoms with Crippen molar-refractivity contribution in [1.82, 2.24) is 10.2 Å². The maximum Gasteiger partial charge on any atom is 0.247 e. The summed E-state index contributed by atoms with van der Waals surface area (Å²) in [7, 11) is 0. The Balaban J connectivity index is 1.54. The number of hydrogen-bond donors (Lipinski definition) is 1. The minimum atomic E-state index is 0.572. The first-order valence-corrected chi connectivity index (χ1v) is 7.56. The van der Waals surface area contributed by atoms with E-state index in [1.54, 1.807) is 0 Å². The average molecular weight is 293 g/mol. The molecule has 22 heavy (non-hydrogen) atoms. The first-order chi connectivity index (χ1) is 10.8. The number of hydrogen-bond acceptors (Lipinski definition) is 4. The Bertz CT molecular complexity index is 705. The number of nitrogens with zero attached hydrogens (tertiary/aromatic N) is 2. The molecule has 2 aromatic carbocycles. The predicted molar refractivity (Wildman–Crippen MR) is 87.7 cm³/mol. The van der Waals surface area contributed by atoms with Crippen LogP contribution in [0.3, 0.4) is 0 Å². The van der Waals surface area contributed by atoms with Crippen LogP contribution in [0.1, 0.15) is 18.4 Å². The van der Waals surface area contributed by atoms with Crippen LogP contribution in [0.25, 0.3) is 11.5 Å². The average Bonchev–Trinajstić information content (AvgIpc) is 3.05. The van der Waals surface area contributed by atoms with Gasteiger partial charge in [-0.25, -0.2) is 0 Å². The van der Waals surface area contributed by atoms with E-state index >= 15 is 0 Å². The fraction of sp³-hybridized carbons (Fsp3) is 0.222. The Hall–Kier alpha value is -2.62. The summed E-state index contributed by atoms with van der Waals surface area (Å²) in [5.74, 6) is 1.22. The molecule has 1 N–H and O–H groups in total. The lowest BCUT2D eigenvalue weighted by Crippen LogP contribution is -2.05. The Morgan fingerprint density at radius 1 is 0.955 bits per heavy atom. The summed E-state index contributed by atoms with van der Waals surface area (Å²) < 4.78 is 5.68. The maximum atomic E-state index is 5.68. The van der Waals surface area contributed by atoms with Crippen molar-refractivity contribution in [2.75, 3.05) is 11.9 Å². The van der Waals surface area contributed by atoms with E-state index in [0.717, 1.165) is 24.2 Å². The molecule has 4 heteroatoms. The van der Waals surface area contributed by atoms with Gasteiger partial charge in [0.2, 0.25) is 11.8 Å². The lowest BCUT2D eigenvalue weighted by atomic mass is 10.1. The highest BCUT2D eigenvalue weighted by atomic mass is 16.4. The van der Waals surface area contributed by atoms with Crippen LogP contribution in [-0.2, 0) is 12.8 Å². The van der Waals surface area contributed by atoms with Crippen LogP contribution < -0.4 is 5.32 Å². The van der Waals surface area contributed by atoms with Gasteiger partial charge in [0, 0.05) is 24.2 Å². The highest BCUT2D eigenvalue weighted by Gasteiger charge is 2.07. The second-order valence-electron chi connectivity index (χ2n) is 5.09. The van der Waals surface area contributed by atoms with Crippen molar-refractivity contribution in [1.29, 1.82) is 0 Å². The molecule has 0 unspecified atom stereocenters. The van der Waals surface area contributed by atoms with Crippen LogP contribution in [0.15, 0.2) is 59.0 Å². The van der Waals surface area contributed by atoms with E-state index in [-0.39, 0.29) is 0 Å². The van der Waals surface area contributed by atoms with Gasteiger partial charge in [-0.15, -0.1) is 10.2 Å². The number of benzene rings is 2. The van der Waals surface area contributed by atoms with E-state index in [1.165, 1.54) is 5.56 Å². The van der Waals surface area contributed by atoms with Gasteiger partial charge < -0.3 is 9.73 Å². The summed E-state index contributed by atoms with van der Waals surface area (Å²) in [5.41, 5.74) is 3.40. The van der Waals surface area contributed by atoms with Gasteiger partial charge in [-0.3, -0.25) is 0 Å². The first kappa shape index (κ1) is 14.3. The fourth-order valence-corrected chi connectivity index (χ4v) is 2.22. The summed E-state index contributed by atoms with van der Waals surface area (Å²) in [6, 6.07) is 18.3. The monoisotopic (exact) mass is 293 g/mol. The summed E-state index contributed by atoms with van der Waals surface area (Å²) in [6.45, 7) is 2.92. The number of aromatic nitrogens is 2. The minimum absolute atomic E-state index is 0.572. The quantitative estimate of drug-likeness (QED) is 0.747. The van der Waals surface area contributed by atoms with Crippen molar-refractivity contribution in [3.63, 3.8) is 0 Å². The Kier molecular flexibility index (Phi) is 4.49. The fourth-order valence-electron chi connectivity index (χ4n) is 2.22. The zero-order valence-corrected chi connectivity index (χ0v) is 12.6. The van der Waals surface area contributed by atoms with Crippen molar-refractivity contribution in [3.05, 3.63) is 66.1 Å². The summed E-state index contributed by atoms with van der Waals surface area (Å²) >= 11 is 0. The molecule has 1 aromatic heterocycles. The van der Waals surface area contributed by atoms with Gasteiger partial charge in [0.25, 0.3) is 0 Å². The van der Waals surface area contributed by atoms with E-state index in [4.69, 9.17) is 4.42 Å². The van der Waals surface area contributed by atoms with E-state index in [2.05, 4.69) is 46.7 Å². The molecule has 0 aliphatic rings. The molecule has 1 heterocycles. The zero-order chi connectivity index (χ0) is 15.2. The second kappa shape index (κ2) is 6.89. The molecule has 0 saturated carbocycles. The molecule has 3 aromatic rings. The Morgan fingerprint density at radius 2 is 1.73 bits per heavy atom. The molecule has 3 rings (SSSR count). The molecular formula is C18H19N3O. The van der Waals surface area contributed by atoms with Gasteiger partial charge >= 0.3 is 0 Å². The van der Waals surface area contributed by atoms with E-state index in [9.17, 15) is 0 Å². The molecule has 0 amide bonds. The largest absolute Gasteiger partial charge is 0.421 e. The van der Waals surface area contributed by atoms with Crippen molar-refractivity contribution < 1.29 is 4.42 Å². The third-order valence-corrected chi connectivity index (χ3v) is 3.52. The third-order valence-electron chi connectivity index (χ3n) is 3.52. The molecular weight excluding hydrogens is 274 g/mol. The molecule has 0 aliphatic carbocycles. The van der Waals surface area contributed by atoms with Crippen molar-refractivity contribution in [2.24, 2.45) is 0 Å². The van der Waals surface area contributed by atoms with Crippen molar-refractivity contribution in [2.45, 2.75) is 19.8 Å². The standard InChI is InChI=1S/C18H19N3O/c1-2-14-8-10-16(11-9-14)19-13-12-17-20-21-18(22-17)15-6-4-3-5-7-15/h3-11,19H,2,12-13H2,1H3. The Labute approximate surface area is 130 Å².